The number of hydrogen-bond donors (Lipinski definition) is 1. The minimum absolute atomic E-state index is 0.368. The second kappa shape index (κ2) is 5.87. The van der Waals surface area contributed by atoms with E-state index in [0.717, 1.165) is 23.3 Å². The molecule has 0 radical (unpaired) electrons. The van der Waals surface area contributed by atoms with Crippen molar-refractivity contribution in [1.29, 1.82) is 0 Å². The van der Waals surface area contributed by atoms with Crippen molar-refractivity contribution < 1.29 is 0 Å². The second-order valence-electron chi connectivity index (χ2n) is 4.34. The Morgan fingerprint density at radius 2 is 2.38 bits per heavy atom. The van der Waals surface area contributed by atoms with E-state index in [2.05, 4.69) is 26.2 Å². The van der Waals surface area contributed by atoms with Gasteiger partial charge < -0.3 is 5.32 Å². The maximum atomic E-state index is 6.17. The zero-order valence-corrected chi connectivity index (χ0v) is 11.5. The number of nitrogens with one attached hydrogen (secondary N) is 1. The van der Waals surface area contributed by atoms with Crippen molar-refractivity contribution in [2.24, 2.45) is 5.92 Å². The molecule has 0 aromatic carbocycles. The molecule has 4 heteroatoms. The number of pyridine rings is 1. The molecule has 1 aliphatic rings. The van der Waals surface area contributed by atoms with Crippen LogP contribution in [0.3, 0.4) is 0 Å². The molecule has 2 rings (SSSR count). The topological polar surface area (TPSA) is 24.9 Å². The van der Waals surface area contributed by atoms with Gasteiger partial charge in [-0.2, -0.15) is 0 Å². The van der Waals surface area contributed by atoms with Gasteiger partial charge in [0.1, 0.15) is 5.82 Å². The molecule has 1 aliphatic carbocycles. The number of anilines is 1. The average Bonchev–Trinajstić information content (AvgIpc) is 2.28. The fraction of sp³-hybridized carbons (Fsp3) is 0.583. The number of nitrogens with zero attached hydrogens (tertiary/aromatic N) is 1. The number of alkyl halides is 1. The van der Waals surface area contributed by atoms with Gasteiger partial charge in [0.25, 0.3) is 0 Å². The van der Waals surface area contributed by atoms with E-state index >= 15 is 0 Å². The van der Waals surface area contributed by atoms with Crippen LogP contribution in [0.15, 0.2) is 22.8 Å². The van der Waals surface area contributed by atoms with E-state index in [-0.39, 0.29) is 0 Å². The first-order chi connectivity index (χ1) is 7.75. The maximum absolute atomic E-state index is 6.17. The SMILES string of the molecule is ClC1CCCC(CNc2ncccc2Br)C1. The minimum atomic E-state index is 0.368. The molecule has 1 aromatic heterocycles. The van der Waals surface area contributed by atoms with Crippen LogP contribution in [0, 0.1) is 5.92 Å². The Kier molecular flexibility index (Phi) is 4.47. The van der Waals surface area contributed by atoms with E-state index in [4.69, 9.17) is 11.6 Å². The molecule has 1 heterocycles. The molecule has 0 saturated heterocycles. The summed E-state index contributed by atoms with van der Waals surface area (Å²) in [4.78, 5) is 4.29. The number of hydrogen-bond acceptors (Lipinski definition) is 2. The fourth-order valence-corrected chi connectivity index (χ4v) is 2.97. The van der Waals surface area contributed by atoms with Gasteiger partial charge in [-0.3, -0.25) is 0 Å². The predicted octanol–water partition coefficient (Wildman–Crippen LogP) is 4.05. The first kappa shape index (κ1) is 12.2. The lowest BCUT2D eigenvalue weighted by atomic mass is 9.89. The molecule has 0 bridgehead atoms. The molecular weight excluding hydrogens is 288 g/mol. The minimum Gasteiger partial charge on any atom is -0.369 e. The molecular formula is C12H16BrClN2. The van der Waals surface area contributed by atoms with Crippen molar-refractivity contribution in [3.63, 3.8) is 0 Å². The normalized spacial score (nSPS) is 25.4. The van der Waals surface area contributed by atoms with E-state index in [1.54, 1.807) is 6.20 Å². The summed E-state index contributed by atoms with van der Waals surface area (Å²) in [5, 5.41) is 3.75. The van der Waals surface area contributed by atoms with Crippen molar-refractivity contribution in [1.82, 2.24) is 4.98 Å². The Morgan fingerprint density at radius 1 is 1.50 bits per heavy atom. The van der Waals surface area contributed by atoms with Crippen molar-refractivity contribution >= 4 is 33.3 Å². The summed E-state index contributed by atoms with van der Waals surface area (Å²) in [6.07, 6.45) is 6.63. The maximum Gasteiger partial charge on any atom is 0.140 e. The van der Waals surface area contributed by atoms with E-state index in [0.29, 0.717) is 11.3 Å². The van der Waals surface area contributed by atoms with Gasteiger partial charge in [0.05, 0.1) is 4.47 Å². The van der Waals surface area contributed by atoms with Crippen LogP contribution >= 0.6 is 27.5 Å². The Balaban J connectivity index is 1.85. The van der Waals surface area contributed by atoms with Crippen molar-refractivity contribution in [3.05, 3.63) is 22.8 Å². The summed E-state index contributed by atoms with van der Waals surface area (Å²) in [5.74, 6) is 1.62. The van der Waals surface area contributed by atoms with Gasteiger partial charge in [-0.15, -0.1) is 11.6 Å². The number of aromatic nitrogens is 1. The molecule has 2 atom stereocenters. The van der Waals surface area contributed by atoms with Crippen LogP contribution in [0.25, 0.3) is 0 Å². The van der Waals surface area contributed by atoms with Gasteiger partial charge in [-0.1, -0.05) is 6.42 Å². The van der Waals surface area contributed by atoms with Gasteiger partial charge in [0.15, 0.2) is 0 Å². The Bertz CT molecular complexity index is 346. The third-order valence-electron chi connectivity index (χ3n) is 3.04. The standard InChI is InChI=1S/C12H16BrClN2/c13-11-5-2-6-15-12(11)16-8-9-3-1-4-10(14)7-9/h2,5-6,9-10H,1,3-4,7-8H2,(H,15,16). The molecule has 1 aromatic rings. The Hall–Kier alpha value is -0.280. The highest BCUT2D eigenvalue weighted by atomic mass is 79.9. The summed E-state index contributed by atoms with van der Waals surface area (Å²) in [6.45, 7) is 0.971. The van der Waals surface area contributed by atoms with E-state index in [9.17, 15) is 0 Å². The van der Waals surface area contributed by atoms with Crippen molar-refractivity contribution in [2.45, 2.75) is 31.1 Å². The van der Waals surface area contributed by atoms with Gasteiger partial charge in [-0.05, 0) is 53.2 Å². The molecule has 1 saturated carbocycles. The van der Waals surface area contributed by atoms with Crippen LogP contribution in [0.2, 0.25) is 0 Å². The second-order valence-corrected chi connectivity index (χ2v) is 5.82. The summed E-state index contributed by atoms with van der Waals surface area (Å²) in [7, 11) is 0. The van der Waals surface area contributed by atoms with E-state index in [1.165, 1.54) is 19.3 Å². The number of halogens is 2. The zero-order chi connectivity index (χ0) is 11.4. The highest BCUT2D eigenvalue weighted by molar-refractivity contribution is 9.10. The van der Waals surface area contributed by atoms with Crippen molar-refractivity contribution in [3.8, 4) is 0 Å². The summed E-state index contributed by atoms with van der Waals surface area (Å²) < 4.78 is 1.02. The van der Waals surface area contributed by atoms with Gasteiger partial charge in [0, 0.05) is 18.1 Å². The lowest BCUT2D eigenvalue weighted by Gasteiger charge is -2.25. The largest absolute Gasteiger partial charge is 0.369 e. The molecule has 88 valence electrons. The van der Waals surface area contributed by atoms with E-state index < -0.39 is 0 Å². The lowest BCUT2D eigenvalue weighted by molar-refractivity contribution is 0.378. The quantitative estimate of drug-likeness (QED) is 0.852. The molecule has 0 spiro atoms. The monoisotopic (exact) mass is 302 g/mol. The summed E-state index contributed by atoms with van der Waals surface area (Å²) in [5.41, 5.74) is 0. The highest BCUT2D eigenvalue weighted by Crippen LogP contribution is 2.28. The molecule has 1 N–H and O–H groups in total. The molecule has 2 nitrogen and oxygen atoms in total. The molecule has 1 fully saturated rings. The fourth-order valence-electron chi connectivity index (χ4n) is 2.17. The molecule has 0 aliphatic heterocycles. The van der Waals surface area contributed by atoms with Crippen LogP contribution in [0.1, 0.15) is 25.7 Å². The third kappa shape index (κ3) is 3.36. The zero-order valence-electron chi connectivity index (χ0n) is 9.13. The van der Waals surface area contributed by atoms with Gasteiger partial charge in [-0.25, -0.2) is 4.98 Å². The Labute approximate surface area is 110 Å². The lowest BCUT2D eigenvalue weighted by Crippen LogP contribution is -2.22. The highest BCUT2D eigenvalue weighted by Gasteiger charge is 2.20. The Morgan fingerprint density at radius 3 is 3.12 bits per heavy atom. The van der Waals surface area contributed by atoms with Crippen molar-refractivity contribution in [2.75, 3.05) is 11.9 Å². The molecule has 0 amide bonds. The first-order valence-corrected chi connectivity index (χ1v) is 6.97. The van der Waals surface area contributed by atoms with Crippen LogP contribution in [0.4, 0.5) is 5.82 Å². The van der Waals surface area contributed by atoms with Crippen LogP contribution in [0.5, 0.6) is 0 Å². The predicted molar refractivity (Wildman–Crippen MR) is 72.0 cm³/mol. The smallest absolute Gasteiger partial charge is 0.140 e. The average molecular weight is 304 g/mol. The number of rotatable bonds is 3. The molecule has 2 unspecified atom stereocenters. The van der Waals surface area contributed by atoms with Crippen LogP contribution in [-0.4, -0.2) is 16.9 Å². The van der Waals surface area contributed by atoms with Gasteiger partial charge in [0.2, 0.25) is 0 Å². The summed E-state index contributed by atoms with van der Waals surface area (Å²) >= 11 is 9.65. The third-order valence-corrected chi connectivity index (χ3v) is 4.07. The van der Waals surface area contributed by atoms with Crippen LogP contribution < -0.4 is 5.32 Å². The first-order valence-electron chi connectivity index (χ1n) is 5.74. The van der Waals surface area contributed by atoms with E-state index in [1.807, 2.05) is 12.1 Å². The van der Waals surface area contributed by atoms with Gasteiger partial charge >= 0.3 is 0 Å². The van der Waals surface area contributed by atoms with Crippen LogP contribution in [-0.2, 0) is 0 Å². The summed E-state index contributed by atoms with van der Waals surface area (Å²) in [6, 6.07) is 3.92. The molecule has 16 heavy (non-hydrogen) atoms.